The number of hydrogen-bond donors (Lipinski definition) is 1. The molecule has 0 atom stereocenters. The summed E-state index contributed by atoms with van der Waals surface area (Å²) < 4.78 is 0. The van der Waals surface area contributed by atoms with Crippen LogP contribution in [-0.2, 0) is 6.42 Å². The van der Waals surface area contributed by atoms with Crippen molar-refractivity contribution < 1.29 is 4.79 Å². The van der Waals surface area contributed by atoms with Gasteiger partial charge in [-0.1, -0.05) is 0 Å². The number of piperidine rings is 1. The van der Waals surface area contributed by atoms with E-state index < -0.39 is 0 Å². The van der Waals surface area contributed by atoms with Crippen LogP contribution in [0.1, 0.15) is 34.5 Å². The molecule has 0 unspecified atom stereocenters. The van der Waals surface area contributed by atoms with Crippen molar-refractivity contribution >= 4 is 5.91 Å². The van der Waals surface area contributed by atoms with Crippen LogP contribution < -0.4 is 5.56 Å². The minimum Gasteiger partial charge on any atom is -0.338 e. The van der Waals surface area contributed by atoms with E-state index in [2.05, 4.69) is 9.97 Å². The number of hydrogen-bond acceptors (Lipinski definition) is 3. The van der Waals surface area contributed by atoms with Gasteiger partial charge >= 0.3 is 0 Å². The minimum atomic E-state index is -0.297. The van der Waals surface area contributed by atoms with Crippen LogP contribution in [0.15, 0.2) is 41.5 Å². The number of rotatable bonds is 3. The number of likely N-dealkylation sites (tertiary alicyclic amines) is 1. The molecule has 1 aliphatic rings. The van der Waals surface area contributed by atoms with Gasteiger partial charge in [0.05, 0.1) is 0 Å². The maximum absolute atomic E-state index is 12.5. The van der Waals surface area contributed by atoms with Crippen LogP contribution in [0.2, 0.25) is 0 Å². The molecule has 2 aromatic rings. The second kappa shape index (κ2) is 6.77. The largest absolute Gasteiger partial charge is 0.338 e. The zero-order valence-electron chi connectivity index (χ0n) is 13.3. The van der Waals surface area contributed by atoms with Gasteiger partial charge in [-0.05, 0) is 61.9 Å². The first-order valence-corrected chi connectivity index (χ1v) is 8.01. The van der Waals surface area contributed by atoms with E-state index in [9.17, 15) is 9.59 Å². The highest BCUT2D eigenvalue weighted by molar-refractivity contribution is 5.93. The van der Waals surface area contributed by atoms with E-state index >= 15 is 0 Å². The number of carbonyl (C=O) groups is 1. The molecule has 0 spiro atoms. The molecule has 1 saturated heterocycles. The molecule has 1 aliphatic heterocycles. The summed E-state index contributed by atoms with van der Waals surface area (Å²) >= 11 is 0. The molecule has 120 valence electrons. The molecule has 0 aromatic carbocycles. The number of pyridine rings is 2. The zero-order chi connectivity index (χ0) is 16.2. The molecule has 1 N–H and O–H groups in total. The summed E-state index contributed by atoms with van der Waals surface area (Å²) in [5.41, 5.74) is 2.00. The van der Waals surface area contributed by atoms with Crippen molar-refractivity contribution in [3.63, 3.8) is 0 Å². The number of amides is 1. The Morgan fingerprint density at radius 2 is 1.91 bits per heavy atom. The summed E-state index contributed by atoms with van der Waals surface area (Å²) in [7, 11) is 0. The van der Waals surface area contributed by atoms with Crippen LogP contribution in [0, 0.1) is 12.8 Å². The van der Waals surface area contributed by atoms with Gasteiger partial charge in [0.15, 0.2) is 0 Å². The van der Waals surface area contributed by atoms with Gasteiger partial charge in [0.1, 0.15) is 5.56 Å². The molecule has 3 rings (SSSR count). The normalized spacial score (nSPS) is 15.6. The Bertz CT molecular complexity index is 731. The van der Waals surface area contributed by atoms with Crippen LogP contribution >= 0.6 is 0 Å². The predicted octanol–water partition coefficient (Wildman–Crippen LogP) is 2.17. The molecular formula is C18H21N3O2. The van der Waals surface area contributed by atoms with Crippen LogP contribution in [-0.4, -0.2) is 33.9 Å². The fourth-order valence-electron chi connectivity index (χ4n) is 3.10. The molecule has 2 aromatic heterocycles. The van der Waals surface area contributed by atoms with Crippen LogP contribution in [0.4, 0.5) is 0 Å². The monoisotopic (exact) mass is 311 g/mol. The molecule has 1 fully saturated rings. The summed E-state index contributed by atoms with van der Waals surface area (Å²) in [4.78, 5) is 32.9. The van der Waals surface area contributed by atoms with Crippen molar-refractivity contribution in [1.29, 1.82) is 0 Å². The number of nitrogens with zero attached hydrogens (tertiary/aromatic N) is 2. The van der Waals surface area contributed by atoms with Gasteiger partial charge in [-0.25, -0.2) is 0 Å². The molecule has 23 heavy (non-hydrogen) atoms. The average Bonchev–Trinajstić information content (AvgIpc) is 2.56. The Hall–Kier alpha value is -2.43. The summed E-state index contributed by atoms with van der Waals surface area (Å²) in [6.45, 7) is 3.23. The Balaban J connectivity index is 1.60. The van der Waals surface area contributed by atoms with Crippen molar-refractivity contribution in [2.24, 2.45) is 5.92 Å². The lowest BCUT2D eigenvalue weighted by Gasteiger charge is -2.32. The third-order valence-electron chi connectivity index (χ3n) is 4.46. The fraction of sp³-hybridized carbons (Fsp3) is 0.389. The summed E-state index contributed by atoms with van der Waals surface area (Å²) in [6.07, 6.45) is 6.60. The van der Waals surface area contributed by atoms with Gasteiger partial charge < -0.3 is 9.88 Å². The number of aryl methyl sites for hydroxylation is 1. The van der Waals surface area contributed by atoms with Crippen LogP contribution in [0.25, 0.3) is 0 Å². The van der Waals surface area contributed by atoms with Crippen molar-refractivity contribution in [3.05, 3.63) is 63.8 Å². The second-order valence-corrected chi connectivity index (χ2v) is 6.18. The summed E-state index contributed by atoms with van der Waals surface area (Å²) in [6, 6.07) is 7.48. The van der Waals surface area contributed by atoms with Gasteiger partial charge in [-0.2, -0.15) is 0 Å². The first kappa shape index (κ1) is 15.5. The minimum absolute atomic E-state index is 0.159. The maximum atomic E-state index is 12.5. The van der Waals surface area contributed by atoms with E-state index in [1.165, 1.54) is 5.56 Å². The zero-order valence-corrected chi connectivity index (χ0v) is 13.3. The summed E-state index contributed by atoms with van der Waals surface area (Å²) in [5.74, 6) is 0.423. The van der Waals surface area contributed by atoms with E-state index in [-0.39, 0.29) is 17.0 Å². The molecule has 0 aliphatic carbocycles. The topological polar surface area (TPSA) is 66.1 Å². The lowest BCUT2D eigenvalue weighted by Crippen LogP contribution is -2.41. The molecule has 5 heteroatoms. The lowest BCUT2D eigenvalue weighted by atomic mass is 9.90. The number of carbonyl (C=O) groups excluding carboxylic acids is 1. The van der Waals surface area contributed by atoms with Crippen molar-refractivity contribution in [3.8, 4) is 0 Å². The smallest absolute Gasteiger partial charge is 0.260 e. The highest BCUT2D eigenvalue weighted by Gasteiger charge is 2.25. The first-order chi connectivity index (χ1) is 11.1. The van der Waals surface area contributed by atoms with Gasteiger partial charge in [-0.3, -0.25) is 14.6 Å². The number of aromatic amines is 1. The Kier molecular flexibility index (Phi) is 4.55. The molecule has 1 amide bonds. The fourth-order valence-corrected chi connectivity index (χ4v) is 3.10. The third kappa shape index (κ3) is 3.67. The number of H-pyrrole nitrogens is 1. The Morgan fingerprint density at radius 3 is 2.57 bits per heavy atom. The standard InChI is InChI=1S/C18H21N3O2/c1-13-2-3-16(17(22)20-13)18(23)21-10-6-15(7-11-21)12-14-4-8-19-9-5-14/h2-5,8-9,15H,6-7,10-12H2,1H3,(H,20,22). The lowest BCUT2D eigenvalue weighted by molar-refractivity contribution is 0.0688. The van der Waals surface area contributed by atoms with Crippen molar-refractivity contribution in [1.82, 2.24) is 14.9 Å². The Labute approximate surface area is 135 Å². The van der Waals surface area contributed by atoms with E-state index in [4.69, 9.17) is 0 Å². The highest BCUT2D eigenvalue weighted by atomic mass is 16.2. The van der Waals surface area contributed by atoms with E-state index in [1.54, 1.807) is 24.0 Å². The van der Waals surface area contributed by atoms with E-state index in [1.807, 2.05) is 24.5 Å². The van der Waals surface area contributed by atoms with E-state index in [0.717, 1.165) is 25.0 Å². The molecular weight excluding hydrogens is 290 g/mol. The summed E-state index contributed by atoms with van der Waals surface area (Å²) in [5, 5.41) is 0. The van der Waals surface area contributed by atoms with Crippen molar-refractivity contribution in [2.75, 3.05) is 13.1 Å². The molecule has 0 bridgehead atoms. The molecule has 5 nitrogen and oxygen atoms in total. The SMILES string of the molecule is Cc1ccc(C(=O)N2CCC(Cc3ccncc3)CC2)c(=O)[nH]1. The average molecular weight is 311 g/mol. The van der Waals surface area contributed by atoms with Gasteiger partial charge in [0.2, 0.25) is 0 Å². The van der Waals surface area contributed by atoms with E-state index in [0.29, 0.717) is 19.0 Å². The highest BCUT2D eigenvalue weighted by Crippen LogP contribution is 2.22. The number of nitrogens with one attached hydrogen (secondary N) is 1. The Morgan fingerprint density at radius 1 is 1.22 bits per heavy atom. The first-order valence-electron chi connectivity index (χ1n) is 8.01. The van der Waals surface area contributed by atoms with Gasteiger partial charge in [-0.15, -0.1) is 0 Å². The van der Waals surface area contributed by atoms with Gasteiger partial charge in [0.25, 0.3) is 11.5 Å². The van der Waals surface area contributed by atoms with Gasteiger partial charge in [0, 0.05) is 31.2 Å². The number of aromatic nitrogens is 2. The molecule has 0 radical (unpaired) electrons. The molecule has 0 saturated carbocycles. The van der Waals surface area contributed by atoms with Crippen LogP contribution in [0.5, 0.6) is 0 Å². The van der Waals surface area contributed by atoms with Crippen LogP contribution in [0.3, 0.4) is 0 Å². The molecule has 3 heterocycles. The maximum Gasteiger partial charge on any atom is 0.260 e. The predicted molar refractivity (Wildman–Crippen MR) is 88.4 cm³/mol. The third-order valence-corrected chi connectivity index (χ3v) is 4.46. The second-order valence-electron chi connectivity index (χ2n) is 6.18. The van der Waals surface area contributed by atoms with Crippen molar-refractivity contribution in [2.45, 2.75) is 26.2 Å². The quantitative estimate of drug-likeness (QED) is 0.945.